The summed E-state index contributed by atoms with van der Waals surface area (Å²) in [6, 6.07) is 0. The fourth-order valence-electron chi connectivity index (χ4n) is 2.25. The number of aromatic nitrogens is 4. The molecular weight excluding hydrogens is 258 g/mol. The Morgan fingerprint density at radius 2 is 2.10 bits per heavy atom. The van der Waals surface area contributed by atoms with Crippen molar-refractivity contribution in [3.8, 4) is 0 Å². The third-order valence-electron chi connectivity index (χ3n) is 3.49. The van der Waals surface area contributed by atoms with E-state index in [1.165, 1.54) is 0 Å². The Labute approximate surface area is 117 Å². The molecule has 7 nitrogen and oxygen atoms in total. The maximum absolute atomic E-state index is 5.66. The first-order valence-electron chi connectivity index (χ1n) is 6.75. The molecule has 0 atom stereocenters. The fraction of sp³-hybridized carbons (Fsp3) is 0.615. The highest BCUT2D eigenvalue weighted by Crippen LogP contribution is 2.23. The lowest BCUT2D eigenvalue weighted by atomic mass is 10.1. The first-order chi connectivity index (χ1) is 9.53. The predicted octanol–water partition coefficient (Wildman–Crippen LogP) is 1.20. The van der Waals surface area contributed by atoms with Crippen LogP contribution in [0.2, 0.25) is 0 Å². The van der Waals surface area contributed by atoms with Crippen molar-refractivity contribution >= 4 is 17.1 Å². The average Bonchev–Trinajstić information content (AvgIpc) is 2.80. The third-order valence-corrected chi connectivity index (χ3v) is 3.49. The normalized spacial score (nSPS) is 19.5. The number of nitrogen functional groups attached to an aromatic ring is 1. The molecule has 0 aromatic carbocycles. The van der Waals surface area contributed by atoms with Crippen LogP contribution in [-0.4, -0.2) is 38.5 Å². The molecule has 7 heteroatoms. The molecule has 1 aliphatic heterocycles. The maximum Gasteiger partial charge on any atom is 0.222 e. The van der Waals surface area contributed by atoms with Crippen molar-refractivity contribution in [2.24, 2.45) is 5.92 Å². The molecule has 0 spiro atoms. The van der Waals surface area contributed by atoms with Crippen LogP contribution in [0.15, 0.2) is 12.5 Å². The second-order valence-corrected chi connectivity index (χ2v) is 5.55. The second kappa shape index (κ2) is 4.99. The molecule has 0 amide bonds. The van der Waals surface area contributed by atoms with E-state index in [0.717, 1.165) is 37.3 Å². The van der Waals surface area contributed by atoms with Crippen LogP contribution in [0.4, 0.5) is 5.95 Å². The number of hydrogen-bond acceptors (Lipinski definition) is 6. The third kappa shape index (κ3) is 2.73. The number of fused-ring (bicyclic) bond motifs is 1. The lowest BCUT2D eigenvalue weighted by Crippen LogP contribution is -2.39. The van der Waals surface area contributed by atoms with Crippen LogP contribution in [0.5, 0.6) is 0 Å². The number of nitrogens with zero attached hydrogens (tertiary/aromatic N) is 4. The van der Waals surface area contributed by atoms with Crippen molar-refractivity contribution in [1.82, 2.24) is 19.5 Å². The van der Waals surface area contributed by atoms with E-state index in [4.69, 9.17) is 15.2 Å². The van der Waals surface area contributed by atoms with Gasteiger partial charge in [0.05, 0.1) is 25.7 Å². The minimum atomic E-state index is -0.458. The zero-order valence-electron chi connectivity index (χ0n) is 11.7. The average molecular weight is 277 g/mol. The van der Waals surface area contributed by atoms with E-state index in [-0.39, 0.29) is 5.95 Å². The Kier molecular flexibility index (Phi) is 3.31. The van der Waals surface area contributed by atoms with Gasteiger partial charge in [0.1, 0.15) is 5.52 Å². The summed E-state index contributed by atoms with van der Waals surface area (Å²) in [7, 11) is 0. The molecular formula is C13H19N5O2. The van der Waals surface area contributed by atoms with E-state index < -0.39 is 5.79 Å². The fourth-order valence-corrected chi connectivity index (χ4v) is 2.25. The number of ether oxygens (including phenoxy) is 2. The zero-order chi connectivity index (χ0) is 14.2. The standard InChI is InChI=1S/C13H19N5O2/c1-13(2)19-6-9(7-20-13)3-4-18-8-16-10-5-15-12(14)17-11(10)18/h5,8-9H,3-4,6-7H2,1-2H3,(H2,14,15,17). The lowest BCUT2D eigenvalue weighted by Gasteiger charge is -2.35. The van der Waals surface area contributed by atoms with Crippen molar-refractivity contribution in [1.29, 1.82) is 0 Å². The summed E-state index contributed by atoms with van der Waals surface area (Å²) in [4.78, 5) is 12.4. The monoisotopic (exact) mass is 277 g/mol. The van der Waals surface area contributed by atoms with Crippen LogP contribution >= 0.6 is 0 Å². The summed E-state index contributed by atoms with van der Waals surface area (Å²) in [5.74, 6) is 0.199. The van der Waals surface area contributed by atoms with Crippen LogP contribution in [0.3, 0.4) is 0 Å². The Morgan fingerprint density at radius 1 is 1.35 bits per heavy atom. The second-order valence-electron chi connectivity index (χ2n) is 5.55. The van der Waals surface area contributed by atoms with Gasteiger partial charge in [0, 0.05) is 12.5 Å². The molecule has 2 N–H and O–H groups in total. The molecule has 1 fully saturated rings. The highest BCUT2D eigenvalue weighted by Gasteiger charge is 2.28. The summed E-state index contributed by atoms with van der Waals surface area (Å²) in [5.41, 5.74) is 7.15. The Balaban J connectivity index is 1.64. The van der Waals surface area contributed by atoms with Crippen LogP contribution < -0.4 is 5.73 Å². The minimum Gasteiger partial charge on any atom is -0.368 e. The van der Waals surface area contributed by atoms with Gasteiger partial charge in [-0.2, -0.15) is 4.98 Å². The topological polar surface area (TPSA) is 88.1 Å². The molecule has 3 rings (SSSR count). The van der Waals surface area contributed by atoms with E-state index in [1.807, 2.05) is 18.4 Å². The van der Waals surface area contributed by atoms with Crippen LogP contribution in [0.25, 0.3) is 11.2 Å². The number of hydrogen-bond donors (Lipinski definition) is 1. The molecule has 1 aliphatic rings. The summed E-state index contributed by atoms with van der Waals surface area (Å²) in [6.07, 6.45) is 4.36. The smallest absolute Gasteiger partial charge is 0.222 e. The molecule has 20 heavy (non-hydrogen) atoms. The molecule has 108 valence electrons. The van der Waals surface area contributed by atoms with Crippen molar-refractivity contribution in [2.75, 3.05) is 18.9 Å². The summed E-state index contributed by atoms with van der Waals surface area (Å²) in [5, 5.41) is 0. The summed E-state index contributed by atoms with van der Waals surface area (Å²) >= 11 is 0. The minimum absolute atomic E-state index is 0.269. The molecule has 0 saturated carbocycles. The SMILES string of the molecule is CC1(C)OCC(CCn2cnc3cnc(N)nc32)CO1. The Bertz CT molecular complexity index is 600. The predicted molar refractivity (Wildman–Crippen MR) is 73.8 cm³/mol. The highest BCUT2D eigenvalue weighted by atomic mass is 16.7. The van der Waals surface area contributed by atoms with Gasteiger partial charge in [-0.15, -0.1) is 0 Å². The van der Waals surface area contributed by atoms with E-state index in [1.54, 1.807) is 12.5 Å². The molecule has 0 radical (unpaired) electrons. The van der Waals surface area contributed by atoms with Gasteiger partial charge in [0.25, 0.3) is 0 Å². The molecule has 0 bridgehead atoms. The van der Waals surface area contributed by atoms with Crippen molar-refractivity contribution in [3.05, 3.63) is 12.5 Å². The van der Waals surface area contributed by atoms with Crippen LogP contribution in [-0.2, 0) is 16.0 Å². The first kappa shape index (κ1) is 13.3. The van der Waals surface area contributed by atoms with E-state index in [9.17, 15) is 0 Å². The number of anilines is 1. The molecule has 0 unspecified atom stereocenters. The number of aryl methyl sites for hydroxylation is 1. The molecule has 2 aromatic rings. The van der Waals surface area contributed by atoms with Crippen LogP contribution in [0, 0.1) is 5.92 Å². The molecule has 2 aromatic heterocycles. The van der Waals surface area contributed by atoms with Gasteiger partial charge in [-0.3, -0.25) is 0 Å². The molecule has 3 heterocycles. The molecule has 1 saturated heterocycles. The van der Waals surface area contributed by atoms with E-state index in [2.05, 4.69) is 15.0 Å². The van der Waals surface area contributed by atoms with E-state index in [0.29, 0.717) is 5.92 Å². The lowest BCUT2D eigenvalue weighted by molar-refractivity contribution is -0.262. The van der Waals surface area contributed by atoms with E-state index >= 15 is 0 Å². The van der Waals surface area contributed by atoms with Gasteiger partial charge in [-0.1, -0.05) is 0 Å². The van der Waals surface area contributed by atoms with Crippen LogP contribution in [0.1, 0.15) is 20.3 Å². The number of nitrogens with two attached hydrogens (primary N) is 1. The van der Waals surface area contributed by atoms with Crippen molar-refractivity contribution in [2.45, 2.75) is 32.6 Å². The van der Waals surface area contributed by atoms with Gasteiger partial charge >= 0.3 is 0 Å². The highest BCUT2D eigenvalue weighted by molar-refractivity contribution is 5.70. The largest absolute Gasteiger partial charge is 0.368 e. The Morgan fingerprint density at radius 3 is 2.85 bits per heavy atom. The Hall–Kier alpha value is -1.73. The maximum atomic E-state index is 5.66. The molecule has 0 aliphatic carbocycles. The number of imidazole rings is 1. The van der Waals surface area contributed by atoms with Gasteiger partial charge < -0.3 is 19.8 Å². The number of rotatable bonds is 3. The summed E-state index contributed by atoms with van der Waals surface area (Å²) < 4.78 is 13.3. The van der Waals surface area contributed by atoms with Gasteiger partial charge in [-0.25, -0.2) is 9.97 Å². The summed E-state index contributed by atoms with van der Waals surface area (Å²) in [6.45, 7) is 6.12. The van der Waals surface area contributed by atoms with Gasteiger partial charge in [-0.05, 0) is 20.3 Å². The van der Waals surface area contributed by atoms with Crippen molar-refractivity contribution < 1.29 is 9.47 Å². The quantitative estimate of drug-likeness (QED) is 0.906. The van der Waals surface area contributed by atoms with Gasteiger partial charge in [0.2, 0.25) is 5.95 Å². The van der Waals surface area contributed by atoms with Crippen molar-refractivity contribution in [3.63, 3.8) is 0 Å². The first-order valence-corrected chi connectivity index (χ1v) is 6.75. The van der Waals surface area contributed by atoms with Gasteiger partial charge in [0.15, 0.2) is 11.4 Å². The zero-order valence-corrected chi connectivity index (χ0v) is 11.7.